The van der Waals surface area contributed by atoms with Gasteiger partial charge in [-0.05, 0) is 11.1 Å². The van der Waals surface area contributed by atoms with Gasteiger partial charge in [-0.1, -0.05) is 74.5 Å². The molecule has 2 rings (SSSR count). The van der Waals surface area contributed by atoms with Crippen LogP contribution in [0.1, 0.15) is 30.9 Å². The van der Waals surface area contributed by atoms with Crippen molar-refractivity contribution in [3.05, 3.63) is 71.8 Å². The summed E-state index contributed by atoms with van der Waals surface area (Å²) in [6.45, 7) is 3.43. The van der Waals surface area contributed by atoms with Crippen molar-refractivity contribution < 1.29 is 19.4 Å². The number of hydrogen-bond acceptors (Lipinski definition) is 3. The molecule has 4 nitrogen and oxygen atoms in total. The number of esters is 1. The van der Waals surface area contributed by atoms with Crippen LogP contribution in [0.25, 0.3) is 0 Å². The summed E-state index contributed by atoms with van der Waals surface area (Å²) in [6.07, 6.45) is -1.16. The maximum atomic E-state index is 12.7. The Morgan fingerprint density at radius 3 is 1.65 bits per heavy atom. The monoisotopic (exact) mass is 312 g/mol. The molecule has 120 valence electrons. The van der Waals surface area contributed by atoms with Crippen molar-refractivity contribution >= 4 is 11.9 Å². The first-order chi connectivity index (χ1) is 11.0. The highest BCUT2D eigenvalue weighted by molar-refractivity contribution is 5.85. The van der Waals surface area contributed by atoms with Gasteiger partial charge in [0.05, 0.1) is 0 Å². The van der Waals surface area contributed by atoms with Crippen molar-refractivity contribution in [2.45, 2.75) is 25.9 Å². The zero-order valence-corrected chi connectivity index (χ0v) is 13.2. The molecule has 0 bridgehead atoms. The Morgan fingerprint density at radius 2 is 1.30 bits per heavy atom. The number of aliphatic carboxylic acids is 1. The molecule has 0 radical (unpaired) electrons. The molecule has 0 aliphatic carbocycles. The Balaban J connectivity index is 2.34. The van der Waals surface area contributed by atoms with Crippen molar-refractivity contribution in [3.63, 3.8) is 0 Å². The summed E-state index contributed by atoms with van der Waals surface area (Å²) < 4.78 is 5.31. The minimum absolute atomic E-state index is 0.302. The first-order valence-corrected chi connectivity index (χ1v) is 7.54. The summed E-state index contributed by atoms with van der Waals surface area (Å²) >= 11 is 0. The predicted molar refractivity (Wildman–Crippen MR) is 87.1 cm³/mol. The number of rotatable bonds is 6. The van der Waals surface area contributed by atoms with Crippen LogP contribution in [-0.4, -0.2) is 23.1 Å². The number of benzene rings is 2. The van der Waals surface area contributed by atoms with E-state index in [2.05, 4.69) is 0 Å². The van der Waals surface area contributed by atoms with Crippen LogP contribution in [0.4, 0.5) is 0 Å². The van der Waals surface area contributed by atoms with Gasteiger partial charge in [-0.2, -0.15) is 0 Å². The van der Waals surface area contributed by atoms with Gasteiger partial charge in [-0.15, -0.1) is 0 Å². The Kier molecular flexibility index (Phi) is 5.52. The third-order valence-corrected chi connectivity index (χ3v) is 3.59. The van der Waals surface area contributed by atoms with Crippen molar-refractivity contribution in [1.82, 2.24) is 0 Å². The minimum Gasteiger partial charge on any atom is -0.478 e. The molecule has 0 aliphatic heterocycles. The minimum atomic E-state index is -1.16. The Hall–Kier alpha value is -2.62. The molecule has 0 unspecified atom stereocenters. The van der Waals surface area contributed by atoms with Crippen molar-refractivity contribution in [3.8, 4) is 0 Å². The summed E-state index contributed by atoms with van der Waals surface area (Å²) in [4.78, 5) is 24.0. The van der Waals surface area contributed by atoms with E-state index in [1.165, 1.54) is 0 Å². The highest BCUT2D eigenvalue weighted by Gasteiger charge is 2.31. The van der Waals surface area contributed by atoms with Crippen LogP contribution in [0, 0.1) is 5.92 Å². The number of carbonyl (C=O) groups excluding carboxylic acids is 1. The van der Waals surface area contributed by atoms with Crippen LogP contribution in [-0.2, 0) is 14.3 Å². The third kappa shape index (κ3) is 4.19. The molecule has 0 aliphatic rings. The topological polar surface area (TPSA) is 63.6 Å². The zero-order valence-electron chi connectivity index (χ0n) is 13.2. The molecule has 23 heavy (non-hydrogen) atoms. The van der Waals surface area contributed by atoms with E-state index in [4.69, 9.17) is 4.74 Å². The number of carboxylic acid groups (broad SMARTS) is 1. The van der Waals surface area contributed by atoms with Crippen LogP contribution in [0.15, 0.2) is 60.7 Å². The lowest BCUT2D eigenvalue weighted by atomic mass is 9.91. The molecule has 0 heterocycles. The van der Waals surface area contributed by atoms with Gasteiger partial charge in [0.15, 0.2) is 0 Å². The number of hydrogen-bond donors (Lipinski definition) is 1. The second kappa shape index (κ2) is 7.58. The van der Waals surface area contributed by atoms with Gasteiger partial charge in [0.1, 0.15) is 5.92 Å². The average Bonchev–Trinajstić information content (AvgIpc) is 2.54. The molecule has 0 aromatic heterocycles. The maximum Gasteiger partial charge on any atom is 0.345 e. The van der Waals surface area contributed by atoms with Gasteiger partial charge in [0, 0.05) is 5.92 Å². The van der Waals surface area contributed by atoms with Crippen molar-refractivity contribution in [2.75, 3.05) is 0 Å². The molecule has 0 amide bonds. The number of ether oxygens (including phenoxy) is 1. The highest BCUT2D eigenvalue weighted by atomic mass is 16.6. The molecule has 1 atom stereocenters. The van der Waals surface area contributed by atoms with Gasteiger partial charge < -0.3 is 9.84 Å². The summed E-state index contributed by atoms with van der Waals surface area (Å²) in [5.41, 5.74) is 1.55. The van der Waals surface area contributed by atoms with E-state index in [0.717, 1.165) is 11.1 Å². The largest absolute Gasteiger partial charge is 0.478 e. The standard InChI is InChI=1S/C19H20O4/c1-13(2)17(18(20)21)23-19(22)16(14-9-5-3-6-10-14)15-11-7-4-8-12-15/h3-13,16-17H,1-2H3,(H,20,21)/t17-/m0/s1. The summed E-state index contributed by atoms with van der Waals surface area (Å²) in [7, 11) is 0. The first-order valence-electron chi connectivity index (χ1n) is 7.54. The predicted octanol–water partition coefficient (Wildman–Crippen LogP) is 3.47. The van der Waals surface area contributed by atoms with Gasteiger partial charge in [0.25, 0.3) is 0 Å². The number of carbonyl (C=O) groups is 2. The molecule has 4 heteroatoms. The molecular formula is C19H20O4. The molecule has 0 saturated heterocycles. The summed E-state index contributed by atoms with van der Waals surface area (Å²) in [5, 5.41) is 9.24. The molecule has 2 aromatic rings. The summed E-state index contributed by atoms with van der Waals surface area (Å²) in [5.74, 6) is -2.63. The number of carboxylic acids is 1. The van der Waals surface area contributed by atoms with E-state index < -0.39 is 24.0 Å². The lowest BCUT2D eigenvalue weighted by molar-refractivity contribution is -0.167. The Morgan fingerprint density at radius 1 is 0.870 bits per heavy atom. The quantitative estimate of drug-likeness (QED) is 0.830. The second-order valence-electron chi connectivity index (χ2n) is 5.69. The maximum absolute atomic E-state index is 12.7. The van der Waals surface area contributed by atoms with Gasteiger partial charge in [0.2, 0.25) is 6.10 Å². The van der Waals surface area contributed by atoms with Gasteiger partial charge in [-0.3, -0.25) is 4.79 Å². The average molecular weight is 312 g/mol. The van der Waals surface area contributed by atoms with E-state index in [1.807, 2.05) is 60.7 Å². The van der Waals surface area contributed by atoms with Crippen molar-refractivity contribution in [2.24, 2.45) is 5.92 Å². The van der Waals surface area contributed by atoms with Crippen LogP contribution in [0.2, 0.25) is 0 Å². The SMILES string of the molecule is CC(C)[C@H](OC(=O)C(c1ccccc1)c1ccccc1)C(=O)O. The zero-order chi connectivity index (χ0) is 16.8. The van der Waals surface area contributed by atoms with E-state index in [-0.39, 0.29) is 5.92 Å². The third-order valence-electron chi connectivity index (χ3n) is 3.59. The molecule has 2 aromatic carbocycles. The van der Waals surface area contributed by atoms with Crippen LogP contribution >= 0.6 is 0 Å². The summed E-state index contributed by atoms with van der Waals surface area (Å²) in [6, 6.07) is 18.5. The van der Waals surface area contributed by atoms with Gasteiger partial charge in [-0.25, -0.2) is 4.79 Å². The van der Waals surface area contributed by atoms with Crippen LogP contribution in [0.5, 0.6) is 0 Å². The lowest BCUT2D eigenvalue weighted by Gasteiger charge is -2.22. The van der Waals surface area contributed by atoms with Gasteiger partial charge >= 0.3 is 11.9 Å². The molecule has 0 saturated carbocycles. The fourth-order valence-corrected chi connectivity index (χ4v) is 2.42. The van der Waals surface area contributed by atoms with E-state index >= 15 is 0 Å². The van der Waals surface area contributed by atoms with E-state index in [9.17, 15) is 14.7 Å². The van der Waals surface area contributed by atoms with E-state index in [1.54, 1.807) is 13.8 Å². The van der Waals surface area contributed by atoms with Crippen LogP contribution in [0.3, 0.4) is 0 Å². The van der Waals surface area contributed by atoms with Crippen molar-refractivity contribution in [1.29, 1.82) is 0 Å². The molecule has 0 fully saturated rings. The Bertz CT molecular complexity index is 610. The molecule has 0 spiro atoms. The molecule has 1 N–H and O–H groups in total. The first kappa shape index (κ1) is 16.7. The smallest absolute Gasteiger partial charge is 0.345 e. The van der Waals surface area contributed by atoms with E-state index in [0.29, 0.717) is 0 Å². The molecular weight excluding hydrogens is 292 g/mol. The van der Waals surface area contributed by atoms with Crippen LogP contribution < -0.4 is 0 Å². The Labute approximate surface area is 135 Å². The fraction of sp³-hybridized carbons (Fsp3) is 0.263. The second-order valence-corrected chi connectivity index (χ2v) is 5.69. The normalized spacial score (nSPS) is 12.2. The lowest BCUT2D eigenvalue weighted by Crippen LogP contribution is -2.34. The fourth-order valence-electron chi connectivity index (χ4n) is 2.42. The highest BCUT2D eigenvalue weighted by Crippen LogP contribution is 2.27.